The van der Waals surface area contributed by atoms with E-state index in [0.717, 1.165) is 17.3 Å². The van der Waals surface area contributed by atoms with Crippen molar-refractivity contribution in [2.24, 2.45) is 5.73 Å². The summed E-state index contributed by atoms with van der Waals surface area (Å²) in [6.07, 6.45) is 4.04. The molecule has 1 aromatic heterocycles. The highest BCUT2D eigenvalue weighted by Crippen LogP contribution is 2.21. The minimum atomic E-state index is -2.94. The number of nitrogens with zero attached hydrogens (tertiary/aromatic N) is 1. The molecule has 1 unspecified atom stereocenters. The van der Waals surface area contributed by atoms with Gasteiger partial charge in [-0.25, -0.2) is 8.42 Å². The lowest BCUT2D eigenvalue weighted by Gasteiger charge is -2.08. The van der Waals surface area contributed by atoms with Gasteiger partial charge in [0, 0.05) is 35.9 Å². The maximum Gasteiger partial charge on any atom is 0.149 e. The molecular formula is C14H20N2O2S. The number of nitrogens with two attached hydrogens (primary N) is 1. The van der Waals surface area contributed by atoms with Gasteiger partial charge in [0.25, 0.3) is 0 Å². The first-order chi connectivity index (χ1) is 8.87. The molecule has 0 fully saturated rings. The van der Waals surface area contributed by atoms with Crippen molar-refractivity contribution in [2.75, 3.05) is 12.0 Å². The van der Waals surface area contributed by atoms with Crippen LogP contribution in [0.5, 0.6) is 0 Å². The minimum absolute atomic E-state index is 0.116. The molecule has 4 nitrogen and oxygen atoms in total. The Morgan fingerprint density at radius 3 is 2.68 bits per heavy atom. The van der Waals surface area contributed by atoms with Crippen molar-refractivity contribution in [3.63, 3.8) is 0 Å². The predicted octanol–water partition coefficient (Wildman–Crippen LogP) is 1.58. The third kappa shape index (κ3) is 3.58. The summed E-state index contributed by atoms with van der Waals surface area (Å²) >= 11 is 0. The third-order valence-electron chi connectivity index (χ3n) is 3.15. The number of rotatable bonds is 5. The highest BCUT2D eigenvalue weighted by atomic mass is 32.2. The standard InChI is InChI=1S/C14H20N2O2S/c1-11(15)10-12-4-3-5-14-13(12)6-7-16(14)8-9-19(2,17)18/h3-7,11H,8-10,15H2,1-2H3. The Kier molecular flexibility index (Phi) is 3.96. The van der Waals surface area contributed by atoms with Crippen LogP contribution >= 0.6 is 0 Å². The van der Waals surface area contributed by atoms with Gasteiger partial charge >= 0.3 is 0 Å². The lowest BCUT2D eigenvalue weighted by Crippen LogP contribution is -2.17. The van der Waals surface area contributed by atoms with Gasteiger partial charge in [0.1, 0.15) is 9.84 Å². The summed E-state index contributed by atoms with van der Waals surface area (Å²) in [7, 11) is -2.94. The van der Waals surface area contributed by atoms with Crippen LogP contribution in [0.3, 0.4) is 0 Å². The maximum atomic E-state index is 11.2. The molecule has 0 amide bonds. The van der Waals surface area contributed by atoms with E-state index < -0.39 is 9.84 Å². The molecular weight excluding hydrogens is 260 g/mol. The second kappa shape index (κ2) is 5.35. The SMILES string of the molecule is CC(N)Cc1cccc2c1ccn2CCS(C)(=O)=O. The molecule has 104 valence electrons. The molecule has 0 aliphatic carbocycles. The van der Waals surface area contributed by atoms with Crippen LogP contribution in [-0.4, -0.2) is 31.0 Å². The number of aromatic nitrogens is 1. The van der Waals surface area contributed by atoms with Crippen molar-refractivity contribution >= 4 is 20.7 Å². The molecule has 2 N–H and O–H groups in total. The summed E-state index contributed by atoms with van der Waals surface area (Å²) < 4.78 is 24.5. The number of aryl methyl sites for hydroxylation is 1. The van der Waals surface area contributed by atoms with E-state index in [1.54, 1.807) is 0 Å². The molecule has 1 aromatic carbocycles. The summed E-state index contributed by atoms with van der Waals surface area (Å²) in [5, 5.41) is 1.16. The molecule has 0 spiro atoms. The molecule has 2 aromatic rings. The lowest BCUT2D eigenvalue weighted by atomic mass is 10.0. The first-order valence-electron chi connectivity index (χ1n) is 6.37. The summed E-state index contributed by atoms with van der Waals surface area (Å²) in [5.41, 5.74) is 8.14. The fourth-order valence-electron chi connectivity index (χ4n) is 2.27. The van der Waals surface area contributed by atoms with Crippen LogP contribution in [0.15, 0.2) is 30.5 Å². The van der Waals surface area contributed by atoms with Gasteiger partial charge in [-0.05, 0) is 31.0 Å². The Hall–Kier alpha value is -1.33. The van der Waals surface area contributed by atoms with E-state index in [1.165, 1.54) is 11.8 Å². The molecule has 5 heteroatoms. The van der Waals surface area contributed by atoms with Crippen molar-refractivity contribution in [2.45, 2.75) is 25.9 Å². The van der Waals surface area contributed by atoms with Crippen molar-refractivity contribution in [1.82, 2.24) is 4.57 Å². The Bertz CT molecular complexity index is 672. The van der Waals surface area contributed by atoms with Crippen LogP contribution in [0.2, 0.25) is 0 Å². The van der Waals surface area contributed by atoms with Crippen LogP contribution in [-0.2, 0) is 22.8 Å². The first-order valence-corrected chi connectivity index (χ1v) is 8.43. The average molecular weight is 280 g/mol. The monoisotopic (exact) mass is 280 g/mol. The number of sulfone groups is 1. The molecule has 1 atom stereocenters. The fourth-order valence-corrected chi connectivity index (χ4v) is 2.80. The number of fused-ring (bicyclic) bond motifs is 1. The van der Waals surface area contributed by atoms with Crippen molar-refractivity contribution < 1.29 is 8.42 Å². The van der Waals surface area contributed by atoms with Crippen molar-refractivity contribution in [1.29, 1.82) is 0 Å². The van der Waals surface area contributed by atoms with E-state index in [0.29, 0.717) is 6.54 Å². The Morgan fingerprint density at radius 1 is 1.32 bits per heavy atom. The van der Waals surface area contributed by atoms with E-state index in [1.807, 2.05) is 35.9 Å². The number of benzene rings is 1. The Labute approximate surface area is 114 Å². The molecule has 0 saturated heterocycles. The van der Waals surface area contributed by atoms with E-state index >= 15 is 0 Å². The van der Waals surface area contributed by atoms with Crippen LogP contribution in [0.1, 0.15) is 12.5 Å². The van der Waals surface area contributed by atoms with Crippen LogP contribution < -0.4 is 5.73 Å². The topological polar surface area (TPSA) is 65.1 Å². The molecule has 1 heterocycles. The molecule has 0 saturated carbocycles. The summed E-state index contributed by atoms with van der Waals surface area (Å²) in [6.45, 7) is 2.48. The smallest absolute Gasteiger partial charge is 0.149 e. The average Bonchev–Trinajstić information content (AvgIpc) is 2.69. The second-order valence-corrected chi connectivity index (χ2v) is 7.43. The molecule has 19 heavy (non-hydrogen) atoms. The Morgan fingerprint density at radius 2 is 2.05 bits per heavy atom. The van der Waals surface area contributed by atoms with Gasteiger partial charge in [-0.2, -0.15) is 0 Å². The van der Waals surface area contributed by atoms with Crippen molar-refractivity contribution in [3.8, 4) is 0 Å². The second-order valence-electron chi connectivity index (χ2n) is 5.17. The number of hydrogen-bond acceptors (Lipinski definition) is 3. The fraction of sp³-hybridized carbons (Fsp3) is 0.429. The van der Waals surface area contributed by atoms with Crippen LogP contribution in [0, 0.1) is 0 Å². The van der Waals surface area contributed by atoms with Gasteiger partial charge in [0.15, 0.2) is 0 Å². The summed E-state index contributed by atoms with van der Waals surface area (Å²) in [4.78, 5) is 0. The van der Waals surface area contributed by atoms with E-state index in [-0.39, 0.29) is 11.8 Å². The zero-order valence-electron chi connectivity index (χ0n) is 11.3. The zero-order chi connectivity index (χ0) is 14.0. The van der Waals surface area contributed by atoms with Gasteiger partial charge in [-0.3, -0.25) is 0 Å². The van der Waals surface area contributed by atoms with Gasteiger partial charge in [-0.1, -0.05) is 12.1 Å². The predicted molar refractivity (Wildman–Crippen MR) is 79.0 cm³/mol. The molecule has 0 aliphatic heterocycles. The zero-order valence-corrected chi connectivity index (χ0v) is 12.2. The van der Waals surface area contributed by atoms with Crippen LogP contribution in [0.25, 0.3) is 10.9 Å². The lowest BCUT2D eigenvalue weighted by molar-refractivity contribution is 0.596. The third-order valence-corrected chi connectivity index (χ3v) is 4.07. The quantitative estimate of drug-likeness (QED) is 0.904. The van der Waals surface area contributed by atoms with E-state index in [4.69, 9.17) is 5.73 Å². The Balaban J connectivity index is 2.33. The van der Waals surface area contributed by atoms with Gasteiger partial charge in [-0.15, -0.1) is 0 Å². The van der Waals surface area contributed by atoms with Gasteiger partial charge < -0.3 is 10.3 Å². The molecule has 0 aliphatic rings. The summed E-state index contributed by atoms with van der Waals surface area (Å²) in [5.74, 6) is 0.161. The van der Waals surface area contributed by atoms with E-state index in [9.17, 15) is 8.42 Å². The maximum absolute atomic E-state index is 11.2. The van der Waals surface area contributed by atoms with Gasteiger partial charge in [0.05, 0.1) is 5.75 Å². The molecule has 2 rings (SSSR count). The molecule has 0 radical (unpaired) electrons. The molecule has 0 bridgehead atoms. The number of hydrogen-bond donors (Lipinski definition) is 1. The highest BCUT2D eigenvalue weighted by Gasteiger charge is 2.09. The van der Waals surface area contributed by atoms with Gasteiger partial charge in [0.2, 0.25) is 0 Å². The first kappa shape index (κ1) is 14.1. The largest absolute Gasteiger partial charge is 0.346 e. The normalized spacial score (nSPS) is 13.8. The van der Waals surface area contributed by atoms with Crippen molar-refractivity contribution in [3.05, 3.63) is 36.0 Å². The van der Waals surface area contributed by atoms with Crippen LogP contribution in [0.4, 0.5) is 0 Å². The minimum Gasteiger partial charge on any atom is -0.346 e. The van der Waals surface area contributed by atoms with E-state index in [2.05, 4.69) is 6.07 Å². The summed E-state index contributed by atoms with van der Waals surface area (Å²) in [6, 6.07) is 8.24. The highest BCUT2D eigenvalue weighted by molar-refractivity contribution is 7.90.